The molecule has 0 saturated carbocycles. The first-order valence-electron chi connectivity index (χ1n) is 25.0. The van der Waals surface area contributed by atoms with Gasteiger partial charge in [0, 0.05) is 54.4 Å². The molecule has 0 unspecified atom stereocenters. The minimum atomic E-state index is 0.538. The first-order valence-corrected chi connectivity index (χ1v) is 25.8. The van der Waals surface area contributed by atoms with Gasteiger partial charge in [0.2, 0.25) is 0 Å². The van der Waals surface area contributed by atoms with Crippen LogP contribution < -0.4 is 14.5 Å². The lowest BCUT2D eigenvalue weighted by atomic mass is 9.95. The fourth-order valence-corrected chi connectivity index (χ4v) is 11.0. The third kappa shape index (κ3) is 8.29. The molecule has 4 heterocycles. The van der Waals surface area contributed by atoms with Gasteiger partial charge in [-0.25, -0.2) is 29.9 Å². The normalized spacial score (nSPS) is 12.2. The molecule has 358 valence electrons. The average Bonchev–Trinajstić information content (AvgIpc) is 3.52. The Morgan fingerprint density at radius 1 is 0.263 bits per heavy atom. The molecule has 0 bridgehead atoms. The first kappa shape index (κ1) is 44.7. The standard InChI is InChI=1S/C66H42N8OS/c1-5-21-43(22-6-1)61-67-62(44-23-7-2-8-24-44)70-65(69-61)47-37-38-51(56(42-47)74-52-29-13-17-33-57(52)75-58-34-18-14-30-53(58)74)48-39-49(41-50(40-48)73-54-31-15-19-35-59(54)76-60-36-20-16-32-55(60)73)66-71-63(45-25-9-3-10-26-45)68-64(72-66)46-27-11-4-12-28-46/h1-42H. The van der Waals surface area contributed by atoms with E-state index in [9.17, 15) is 0 Å². The molecule has 14 rings (SSSR count). The Labute approximate surface area is 443 Å². The maximum atomic E-state index is 6.65. The summed E-state index contributed by atoms with van der Waals surface area (Å²) in [5.74, 6) is 4.86. The molecule has 0 atom stereocenters. The Morgan fingerprint density at radius 3 is 1.09 bits per heavy atom. The van der Waals surface area contributed by atoms with E-state index in [1.165, 1.54) is 0 Å². The number of aromatic nitrogens is 6. The van der Waals surface area contributed by atoms with Gasteiger partial charge in [-0.1, -0.05) is 194 Å². The molecule has 2 aliphatic rings. The van der Waals surface area contributed by atoms with E-state index in [1.54, 1.807) is 11.8 Å². The van der Waals surface area contributed by atoms with E-state index in [-0.39, 0.29) is 0 Å². The molecule has 12 aromatic rings. The van der Waals surface area contributed by atoms with Crippen molar-refractivity contribution in [2.45, 2.75) is 9.79 Å². The van der Waals surface area contributed by atoms with Crippen LogP contribution in [0.25, 0.3) is 79.5 Å². The maximum Gasteiger partial charge on any atom is 0.164 e. The highest BCUT2D eigenvalue weighted by Gasteiger charge is 2.30. The van der Waals surface area contributed by atoms with Crippen LogP contribution >= 0.6 is 11.8 Å². The van der Waals surface area contributed by atoms with Crippen molar-refractivity contribution >= 4 is 45.9 Å². The summed E-state index contributed by atoms with van der Waals surface area (Å²) in [4.78, 5) is 38.1. The van der Waals surface area contributed by atoms with E-state index in [4.69, 9.17) is 34.6 Å². The summed E-state index contributed by atoms with van der Waals surface area (Å²) in [6.07, 6.45) is 0. The summed E-state index contributed by atoms with van der Waals surface area (Å²) in [7, 11) is 0. The molecule has 10 aromatic carbocycles. The molecule has 0 fully saturated rings. The minimum absolute atomic E-state index is 0.538. The van der Waals surface area contributed by atoms with Gasteiger partial charge >= 0.3 is 0 Å². The fraction of sp³-hybridized carbons (Fsp3) is 0. The van der Waals surface area contributed by atoms with Crippen LogP contribution in [0, 0.1) is 0 Å². The number of rotatable bonds is 9. The van der Waals surface area contributed by atoms with Gasteiger partial charge in [0.1, 0.15) is 0 Å². The van der Waals surface area contributed by atoms with Crippen molar-refractivity contribution < 1.29 is 4.74 Å². The zero-order chi connectivity index (χ0) is 50.4. The molecule has 0 spiro atoms. The van der Waals surface area contributed by atoms with E-state index in [1.807, 2.05) is 158 Å². The number of hydrogen-bond donors (Lipinski definition) is 0. The Hall–Kier alpha value is -10.0. The molecule has 0 amide bonds. The van der Waals surface area contributed by atoms with Gasteiger partial charge in [-0.2, -0.15) is 0 Å². The molecule has 10 heteroatoms. The lowest BCUT2D eigenvalue weighted by Crippen LogP contribution is -2.17. The minimum Gasteiger partial charge on any atom is -0.453 e. The van der Waals surface area contributed by atoms with Gasteiger partial charge in [0.05, 0.1) is 28.4 Å². The van der Waals surface area contributed by atoms with E-state index < -0.39 is 0 Å². The van der Waals surface area contributed by atoms with Gasteiger partial charge in [-0.05, 0) is 78.4 Å². The lowest BCUT2D eigenvalue weighted by Gasteiger charge is -2.35. The summed E-state index contributed by atoms with van der Waals surface area (Å²) in [5.41, 5.74) is 12.8. The molecular formula is C66H42N8OS. The number of para-hydroxylation sites is 6. The highest BCUT2D eigenvalue weighted by molar-refractivity contribution is 7.99. The smallest absolute Gasteiger partial charge is 0.164 e. The summed E-state index contributed by atoms with van der Waals surface area (Å²) in [6, 6.07) is 87.1. The summed E-state index contributed by atoms with van der Waals surface area (Å²) in [6.45, 7) is 0. The predicted octanol–water partition coefficient (Wildman–Crippen LogP) is 17.2. The Balaban J connectivity index is 1.05. The molecule has 2 aliphatic heterocycles. The van der Waals surface area contributed by atoms with Gasteiger partial charge in [-0.15, -0.1) is 0 Å². The molecule has 9 nitrogen and oxygen atoms in total. The monoisotopic (exact) mass is 994 g/mol. The third-order valence-corrected chi connectivity index (χ3v) is 14.6. The second-order valence-electron chi connectivity index (χ2n) is 18.3. The largest absolute Gasteiger partial charge is 0.453 e. The fourth-order valence-electron chi connectivity index (χ4n) is 9.95. The van der Waals surface area contributed by atoms with E-state index in [0.29, 0.717) is 34.9 Å². The zero-order valence-electron chi connectivity index (χ0n) is 40.6. The number of hydrogen-bond acceptors (Lipinski definition) is 10. The van der Waals surface area contributed by atoms with Crippen LogP contribution in [-0.2, 0) is 0 Å². The van der Waals surface area contributed by atoms with Crippen molar-refractivity contribution in [1.29, 1.82) is 0 Å². The van der Waals surface area contributed by atoms with Crippen molar-refractivity contribution in [2.24, 2.45) is 0 Å². The van der Waals surface area contributed by atoms with Gasteiger partial charge in [-0.3, -0.25) is 0 Å². The predicted molar refractivity (Wildman–Crippen MR) is 305 cm³/mol. The molecular weight excluding hydrogens is 953 g/mol. The Bertz CT molecular complexity index is 3940. The van der Waals surface area contributed by atoms with Crippen molar-refractivity contribution in [2.75, 3.05) is 9.80 Å². The van der Waals surface area contributed by atoms with Crippen LogP contribution in [0.5, 0.6) is 11.5 Å². The second-order valence-corrected chi connectivity index (χ2v) is 19.4. The van der Waals surface area contributed by atoms with Crippen molar-refractivity contribution in [1.82, 2.24) is 29.9 Å². The van der Waals surface area contributed by atoms with Crippen molar-refractivity contribution in [3.63, 3.8) is 0 Å². The van der Waals surface area contributed by atoms with E-state index in [2.05, 4.69) is 107 Å². The van der Waals surface area contributed by atoms with Gasteiger partial charge in [0.25, 0.3) is 0 Å². The number of benzene rings is 10. The van der Waals surface area contributed by atoms with Crippen molar-refractivity contribution in [3.05, 3.63) is 255 Å². The highest BCUT2D eigenvalue weighted by Crippen LogP contribution is 2.55. The molecule has 0 radical (unpaired) electrons. The van der Waals surface area contributed by atoms with Crippen LogP contribution in [0.15, 0.2) is 265 Å². The van der Waals surface area contributed by atoms with E-state index in [0.717, 1.165) is 99.9 Å². The zero-order valence-corrected chi connectivity index (χ0v) is 41.5. The first-order chi connectivity index (χ1) is 37.6. The summed E-state index contributed by atoms with van der Waals surface area (Å²) >= 11 is 1.78. The molecule has 0 saturated heterocycles. The summed E-state index contributed by atoms with van der Waals surface area (Å²) in [5, 5.41) is 0. The van der Waals surface area contributed by atoms with Crippen molar-refractivity contribution in [3.8, 4) is 91.0 Å². The molecule has 0 N–H and O–H groups in total. The second kappa shape index (κ2) is 19.1. The van der Waals surface area contributed by atoms with Gasteiger partial charge in [0.15, 0.2) is 46.4 Å². The maximum absolute atomic E-state index is 6.65. The third-order valence-electron chi connectivity index (χ3n) is 13.5. The topological polar surface area (TPSA) is 93.0 Å². The molecule has 0 aliphatic carbocycles. The van der Waals surface area contributed by atoms with Crippen LogP contribution in [-0.4, -0.2) is 29.9 Å². The number of anilines is 6. The van der Waals surface area contributed by atoms with Crippen LogP contribution in [0.2, 0.25) is 0 Å². The molecule has 2 aromatic heterocycles. The quantitative estimate of drug-likeness (QED) is 0.139. The van der Waals surface area contributed by atoms with Gasteiger partial charge < -0.3 is 14.5 Å². The number of ether oxygens (including phenoxy) is 1. The molecule has 76 heavy (non-hydrogen) atoms. The average molecular weight is 995 g/mol. The SMILES string of the molecule is c1ccc(-c2nc(-c3ccccc3)nc(-c3cc(-c4ccc(-c5nc(-c6ccccc6)nc(-c6ccccc6)n5)cc4N4c5ccccc5Oc5ccccc54)cc(N4c5ccccc5Sc5ccccc54)c3)n2)cc1. The van der Waals surface area contributed by atoms with Crippen LogP contribution in [0.1, 0.15) is 0 Å². The number of nitrogens with zero attached hydrogens (tertiary/aromatic N) is 8. The number of fused-ring (bicyclic) bond motifs is 4. The lowest BCUT2D eigenvalue weighted by molar-refractivity contribution is 0.477. The highest BCUT2D eigenvalue weighted by atomic mass is 32.2. The Morgan fingerprint density at radius 2 is 0.632 bits per heavy atom. The summed E-state index contributed by atoms with van der Waals surface area (Å²) < 4.78 is 6.65. The Kier molecular flexibility index (Phi) is 11.2. The van der Waals surface area contributed by atoms with E-state index >= 15 is 0 Å². The van der Waals surface area contributed by atoms with Crippen LogP contribution in [0.4, 0.5) is 34.1 Å². The van der Waals surface area contributed by atoms with Crippen LogP contribution in [0.3, 0.4) is 0 Å².